The summed E-state index contributed by atoms with van der Waals surface area (Å²) < 4.78 is 10.7. The number of nitrogens with one attached hydrogen (secondary N) is 4. The Morgan fingerprint density at radius 2 is 1.48 bits per heavy atom. The Kier molecular flexibility index (Phi) is 12.7. The lowest BCUT2D eigenvalue weighted by Crippen LogP contribution is -2.62. The lowest BCUT2D eigenvalue weighted by molar-refractivity contribution is -0.131. The second-order valence-corrected chi connectivity index (χ2v) is 14.9. The summed E-state index contributed by atoms with van der Waals surface area (Å²) in [4.78, 5) is 41.0. The maximum absolute atomic E-state index is 14.2. The molecule has 50 heavy (non-hydrogen) atoms. The highest BCUT2D eigenvalue weighted by Crippen LogP contribution is 2.31. The monoisotopic (exact) mass is 688 g/mol. The SMILES string of the molecule is COc1ccc(CN[C@@H](C(=O)N[C@H]2c3ccccc3C[C@H]2O)[C@H](O)[C@H](Cc2ccccc2)NC(=O)[C@@H](NC(=O)OC(C)(C)C)C(C)(C)C)cc1. The molecule has 0 bridgehead atoms. The van der Waals surface area contributed by atoms with Gasteiger partial charge in [0.05, 0.1) is 31.4 Å². The Morgan fingerprint density at radius 1 is 0.840 bits per heavy atom. The number of alkyl carbamates (subject to hydrolysis) is 1. The fraction of sp³-hybridized carbons (Fsp3) is 0.462. The van der Waals surface area contributed by atoms with Crippen LogP contribution in [0.25, 0.3) is 0 Å². The quantitative estimate of drug-likeness (QED) is 0.158. The van der Waals surface area contributed by atoms with E-state index in [1.807, 2.05) is 87.5 Å². The van der Waals surface area contributed by atoms with Crippen molar-refractivity contribution < 1.29 is 34.1 Å². The molecular formula is C39H52N4O7. The molecule has 3 aromatic rings. The van der Waals surface area contributed by atoms with Crippen molar-refractivity contribution in [3.63, 3.8) is 0 Å². The molecule has 11 heteroatoms. The molecule has 0 saturated carbocycles. The Labute approximate surface area is 295 Å². The van der Waals surface area contributed by atoms with Crippen molar-refractivity contribution in [3.05, 3.63) is 101 Å². The Morgan fingerprint density at radius 3 is 2.10 bits per heavy atom. The topological polar surface area (TPSA) is 158 Å². The summed E-state index contributed by atoms with van der Waals surface area (Å²) >= 11 is 0. The van der Waals surface area contributed by atoms with E-state index in [9.17, 15) is 24.6 Å². The highest BCUT2D eigenvalue weighted by atomic mass is 16.6. The number of hydrogen-bond acceptors (Lipinski definition) is 8. The largest absolute Gasteiger partial charge is 0.497 e. The summed E-state index contributed by atoms with van der Waals surface area (Å²) in [6, 6.07) is 20.2. The molecule has 0 saturated heterocycles. The molecule has 3 amide bonds. The van der Waals surface area contributed by atoms with Gasteiger partial charge in [-0.3, -0.25) is 14.9 Å². The van der Waals surface area contributed by atoms with Gasteiger partial charge in [-0.1, -0.05) is 87.5 Å². The number of hydrogen-bond donors (Lipinski definition) is 6. The lowest BCUT2D eigenvalue weighted by Gasteiger charge is -2.35. The van der Waals surface area contributed by atoms with Crippen LogP contribution in [0, 0.1) is 5.41 Å². The Hall–Kier alpha value is -4.45. The summed E-state index contributed by atoms with van der Waals surface area (Å²) in [5.74, 6) is -0.410. The number of methoxy groups -OCH3 is 1. The van der Waals surface area contributed by atoms with Gasteiger partial charge in [0.2, 0.25) is 11.8 Å². The lowest BCUT2D eigenvalue weighted by atomic mass is 9.85. The minimum Gasteiger partial charge on any atom is -0.497 e. The minimum atomic E-state index is -1.45. The molecule has 0 aromatic heterocycles. The van der Waals surface area contributed by atoms with Crippen molar-refractivity contribution >= 4 is 17.9 Å². The van der Waals surface area contributed by atoms with Gasteiger partial charge in [-0.15, -0.1) is 0 Å². The number of ether oxygens (including phenoxy) is 2. The van der Waals surface area contributed by atoms with Crippen molar-refractivity contribution in [1.29, 1.82) is 0 Å². The first-order valence-corrected chi connectivity index (χ1v) is 17.0. The van der Waals surface area contributed by atoms with E-state index in [2.05, 4.69) is 21.3 Å². The fourth-order valence-electron chi connectivity index (χ4n) is 6.05. The molecule has 0 fully saturated rings. The van der Waals surface area contributed by atoms with Crippen LogP contribution >= 0.6 is 0 Å². The van der Waals surface area contributed by atoms with Gasteiger partial charge >= 0.3 is 6.09 Å². The van der Waals surface area contributed by atoms with Crippen LogP contribution in [0.5, 0.6) is 5.75 Å². The highest BCUT2D eigenvalue weighted by molar-refractivity contribution is 5.87. The highest BCUT2D eigenvalue weighted by Gasteiger charge is 2.40. The first-order valence-electron chi connectivity index (χ1n) is 17.0. The Bertz CT molecular complexity index is 1580. The van der Waals surface area contributed by atoms with Crippen LogP contribution < -0.4 is 26.0 Å². The van der Waals surface area contributed by atoms with Gasteiger partial charge < -0.3 is 35.6 Å². The van der Waals surface area contributed by atoms with Crippen LogP contribution in [0.3, 0.4) is 0 Å². The first-order chi connectivity index (χ1) is 23.6. The average Bonchev–Trinajstić information content (AvgIpc) is 3.37. The maximum Gasteiger partial charge on any atom is 0.408 e. The molecule has 0 aliphatic heterocycles. The van der Waals surface area contributed by atoms with Crippen LogP contribution in [0.2, 0.25) is 0 Å². The molecule has 11 nitrogen and oxygen atoms in total. The third-order valence-corrected chi connectivity index (χ3v) is 8.64. The molecule has 0 unspecified atom stereocenters. The van der Waals surface area contributed by atoms with E-state index in [1.165, 1.54) is 0 Å². The van der Waals surface area contributed by atoms with Crippen molar-refractivity contribution in [2.75, 3.05) is 7.11 Å². The summed E-state index contributed by atoms with van der Waals surface area (Å²) in [6.45, 7) is 10.9. The molecule has 0 heterocycles. The predicted molar refractivity (Wildman–Crippen MR) is 191 cm³/mol. The molecule has 4 rings (SSSR count). The second kappa shape index (κ2) is 16.5. The van der Waals surface area contributed by atoms with E-state index in [0.717, 1.165) is 22.3 Å². The molecule has 6 N–H and O–H groups in total. The fourth-order valence-corrected chi connectivity index (χ4v) is 6.05. The number of rotatable bonds is 13. The van der Waals surface area contributed by atoms with Gasteiger partial charge in [0.25, 0.3) is 0 Å². The number of fused-ring (bicyclic) bond motifs is 1. The number of carbonyl (C=O) groups is 3. The molecule has 1 aliphatic carbocycles. The zero-order valence-electron chi connectivity index (χ0n) is 30.0. The van der Waals surface area contributed by atoms with Crippen LogP contribution in [0.1, 0.15) is 69.8 Å². The summed E-state index contributed by atoms with van der Waals surface area (Å²) in [5, 5.41) is 34.9. The van der Waals surface area contributed by atoms with Crippen LogP contribution in [0.4, 0.5) is 4.79 Å². The van der Waals surface area contributed by atoms with Crippen molar-refractivity contribution in [2.24, 2.45) is 5.41 Å². The maximum atomic E-state index is 14.2. The van der Waals surface area contributed by atoms with Gasteiger partial charge in [0.1, 0.15) is 23.4 Å². The number of benzene rings is 3. The van der Waals surface area contributed by atoms with Crippen LogP contribution in [-0.4, -0.2) is 71.2 Å². The van der Waals surface area contributed by atoms with Gasteiger partial charge in [0.15, 0.2) is 0 Å². The van der Waals surface area contributed by atoms with Gasteiger partial charge in [-0.25, -0.2) is 4.79 Å². The third-order valence-electron chi connectivity index (χ3n) is 8.64. The number of carbonyl (C=O) groups excluding carboxylic acids is 3. The van der Waals surface area contributed by atoms with E-state index >= 15 is 0 Å². The molecule has 0 spiro atoms. The van der Waals surface area contributed by atoms with E-state index < -0.39 is 65.3 Å². The molecule has 3 aromatic carbocycles. The van der Waals surface area contributed by atoms with Crippen LogP contribution in [-0.2, 0) is 33.7 Å². The zero-order chi connectivity index (χ0) is 36.6. The summed E-state index contributed by atoms with van der Waals surface area (Å²) in [7, 11) is 1.58. The van der Waals surface area contributed by atoms with Crippen molar-refractivity contribution in [2.45, 2.75) is 103 Å². The Balaban J connectivity index is 1.65. The second-order valence-electron chi connectivity index (χ2n) is 14.9. The zero-order valence-corrected chi connectivity index (χ0v) is 30.0. The molecule has 270 valence electrons. The van der Waals surface area contributed by atoms with E-state index in [-0.39, 0.29) is 13.0 Å². The normalized spacial score (nSPS) is 18.2. The number of amides is 3. The van der Waals surface area contributed by atoms with Crippen molar-refractivity contribution in [3.8, 4) is 5.75 Å². The van der Waals surface area contributed by atoms with E-state index in [4.69, 9.17) is 9.47 Å². The standard InChI is InChI=1S/C39H52N4O7/c1-38(2,3)34(43-37(48)50-39(4,5)6)36(47)41-29(21-24-13-9-8-10-14-24)33(45)32(40-23-25-17-19-27(49-7)20-18-25)35(46)42-31-28-16-12-11-15-26(28)22-30(31)44/h8-20,29-34,40,44-45H,21-23H2,1-7H3,(H,41,47)(H,42,46)(H,43,48)/t29-,30+,31-,32+,33+,34+/m0/s1. The van der Waals surface area contributed by atoms with Crippen LogP contribution in [0.15, 0.2) is 78.9 Å². The van der Waals surface area contributed by atoms with Gasteiger partial charge in [-0.2, -0.15) is 0 Å². The van der Waals surface area contributed by atoms with Crippen molar-refractivity contribution in [1.82, 2.24) is 21.3 Å². The molecule has 1 aliphatic rings. The smallest absolute Gasteiger partial charge is 0.408 e. The molecular weight excluding hydrogens is 636 g/mol. The number of aliphatic hydroxyl groups excluding tert-OH is 2. The van der Waals surface area contributed by atoms with E-state index in [1.54, 1.807) is 40.0 Å². The van der Waals surface area contributed by atoms with Gasteiger partial charge in [-0.05, 0) is 67.0 Å². The average molecular weight is 689 g/mol. The third kappa shape index (κ3) is 10.5. The van der Waals surface area contributed by atoms with E-state index in [0.29, 0.717) is 12.2 Å². The first kappa shape index (κ1) is 38.4. The number of aliphatic hydroxyl groups is 2. The predicted octanol–water partition coefficient (Wildman–Crippen LogP) is 3.96. The molecule has 6 atom stereocenters. The minimum absolute atomic E-state index is 0.180. The molecule has 0 radical (unpaired) electrons. The van der Waals surface area contributed by atoms with Gasteiger partial charge in [0, 0.05) is 13.0 Å². The summed E-state index contributed by atoms with van der Waals surface area (Å²) in [6.07, 6.45) is -2.48. The summed E-state index contributed by atoms with van der Waals surface area (Å²) in [5.41, 5.74) is 1.89.